The quantitative estimate of drug-likeness (QED) is 0.611. The van der Waals surface area contributed by atoms with Crippen LogP contribution < -0.4 is 4.74 Å². The molecule has 1 rings (SSSR count). The molecule has 0 N–H and O–H groups in total. The van der Waals surface area contributed by atoms with Gasteiger partial charge in [-0.2, -0.15) is 0 Å². The minimum Gasteiger partial charge on any atom is -0.479 e. The molecule has 52 valence electrons. The van der Waals surface area contributed by atoms with E-state index in [0.717, 1.165) is 0 Å². The van der Waals surface area contributed by atoms with E-state index in [1.807, 2.05) is 0 Å². The first-order valence-electron chi connectivity index (χ1n) is 2.86. The Morgan fingerprint density at radius 2 is 2.20 bits per heavy atom. The van der Waals surface area contributed by atoms with Gasteiger partial charge in [-0.3, -0.25) is 0 Å². The molecule has 0 bridgehead atoms. The van der Waals surface area contributed by atoms with Crippen LogP contribution in [-0.2, 0) is 0 Å². The van der Waals surface area contributed by atoms with Crippen LogP contribution in [0.25, 0.3) is 6.08 Å². The van der Waals surface area contributed by atoms with Crippen molar-refractivity contribution >= 4 is 6.08 Å². The summed E-state index contributed by atoms with van der Waals surface area (Å²) in [6.45, 7) is 3.56. The van der Waals surface area contributed by atoms with Gasteiger partial charge < -0.3 is 4.74 Å². The van der Waals surface area contributed by atoms with E-state index >= 15 is 0 Å². The molecule has 1 heterocycles. The summed E-state index contributed by atoms with van der Waals surface area (Å²) in [5.74, 6) is 0.512. The van der Waals surface area contributed by atoms with Gasteiger partial charge in [0.05, 0.1) is 7.11 Å². The fourth-order valence-corrected chi connectivity index (χ4v) is 0.633. The summed E-state index contributed by atoms with van der Waals surface area (Å²) >= 11 is 0. The monoisotopic (exact) mass is 136 g/mol. The number of ether oxygens (including phenoxy) is 1. The normalized spacial score (nSPS) is 8.90. The molecule has 3 heteroatoms. The fraction of sp³-hybridized carbons (Fsp3) is 0.143. The lowest BCUT2D eigenvalue weighted by molar-refractivity contribution is 0.394. The second-order valence-electron chi connectivity index (χ2n) is 1.65. The maximum absolute atomic E-state index is 4.89. The summed E-state index contributed by atoms with van der Waals surface area (Å²) in [5, 5.41) is 0. The van der Waals surface area contributed by atoms with Crippen molar-refractivity contribution in [1.29, 1.82) is 0 Å². The molecule has 0 fully saturated rings. The van der Waals surface area contributed by atoms with Gasteiger partial charge in [0.1, 0.15) is 5.69 Å². The summed E-state index contributed by atoms with van der Waals surface area (Å²) in [6.07, 6.45) is 4.78. The molecule has 0 aromatic carbocycles. The second-order valence-corrected chi connectivity index (χ2v) is 1.65. The third kappa shape index (κ3) is 1.13. The van der Waals surface area contributed by atoms with Gasteiger partial charge in [0.15, 0.2) is 0 Å². The highest BCUT2D eigenvalue weighted by Crippen LogP contribution is 2.10. The van der Waals surface area contributed by atoms with Crippen molar-refractivity contribution in [3.63, 3.8) is 0 Å². The summed E-state index contributed by atoms with van der Waals surface area (Å²) in [5.41, 5.74) is 0.671. The second kappa shape index (κ2) is 2.96. The van der Waals surface area contributed by atoms with Gasteiger partial charge in [-0.15, -0.1) is 0 Å². The molecule has 3 nitrogen and oxygen atoms in total. The molecular formula is C7H8N2O. The number of nitrogens with zero attached hydrogens (tertiary/aromatic N) is 2. The van der Waals surface area contributed by atoms with Crippen LogP contribution in [0.15, 0.2) is 19.0 Å². The SMILES string of the molecule is C=Cc1nccnc1OC. The topological polar surface area (TPSA) is 35.0 Å². The highest BCUT2D eigenvalue weighted by Gasteiger charge is 1.97. The summed E-state index contributed by atoms with van der Waals surface area (Å²) in [7, 11) is 1.55. The summed E-state index contributed by atoms with van der Waals surface area (Å²) in [4.78, 5) is 7.87. The van der Waals surface area contributed by atoms with Crippen molar-refractivity contribution in [1.82, 2.24) is 9.97 Å². The standard InChI is InChI=1S/C7H8N2O/c1-3-6-7(10-2)9-5-4-8-6/h3-5H,1H2,2H3. The minimum absolute atomic E-state index is 0.512. The first-order chi connectivity index (χ1) is 4.88. The Hall–Kier alpha value is -1.38. The molecule has 0 spiro atoms. The van der Waals surface area contributed by atoms with E-state index in [1.54, 1.807) is 25.6 Å². The molecule has 0 aliphatic heterocycles. The zero-order valence-electron chi connectivity index (χ0n) is 5.74. The molecule has 0 aliphatic carbocycles. The first kappa shape index (κ1) is 6.74. The van der Waals surface area contributed by atoms with Crippen molar-refractivity contribution in [3.8, 4) is 5.88 Å². The highest BCUT2D eigenvalue weighted by molar-refractivity contribution is 5.47. The zero-order valence-corrected chi connectivity index (χ0v) is 5.74. The van der Waals surface area contributed by atoms with Gasteiger partial charge in [-0.1, -0.05) is 6.58 Å². The lowest BCUT2D eigenvalue weighted by atomic mass is 10.4. The molecule has 0 saturated carbocycles. The van der Waals surface area contributed by atoms with Gasteiger partial charge in [-0.25, -0.2) is 9.97 Å². The van der Waals surface area contributed by atoms with Crippen LogP contribution in [0.5, 0.6) is 5.88 Å². The van der Waals surface area contributed by atoms with Crippen molar-refractivity contribution < 1.29 is 4.74 Å². The molecule has 0 saturated heterocycles. The maximum Gasteiger partial charge on any atom is 0.239 e. The van der Waals surface area contributed by atoms with Gasteiger partial charge in [0.2, 0.25) is 5.88 Å². The van der Waals surface area contributed by atoms with Crippen molar-refractivity contribution in [2.45, 2.75) is 0 Å². The minimum atomic E-state index is 0.512. The molecule has 0 radical (unpaired) electrons. The number of methoxy groups -OCH3 is 1. The number of hydrogen-bond acceptors (Lipinski definition) is 3. The zero-order chi connectivity index (χ0) is 7.40. The van der Waals surface area contributed by atoms with Crippen LogP contribution in [0.4, 0.5) is 0 Å². The first-order valence-corrected chi connectivity index (χ1v) is 2.86. The van der Waals surface area contributed by atoms with Crippen LogP contribution >= 0.6 is 0 Å². The predicted molar refractivity (Wildman–Crippen MR) is 38.7 cm³/mol. The Morgan fingerprint density at radius 3 is 2.70 bits per heavy atom. The molecule has 1 aromatic rings. The van der Waals surface area contributed by atoms with Crippen molar-refractivity contribution in [3.05, 3.63) is 24.7 Å². The summed E-state index contributed by atoms with van der Waals surface area (Å²) < 4.78 is 4.89. The number of rotatable bonds is 2. The predicted octanol–water partition coefficient (Wildman–Crippen LogP) is 1.13. The molecule has 10 heavy (non-hydrogen) atoms. The van der Waals surface area contributed by atoms with E-state index in [9.17, 15) is 0 Å². The molecular weight excluding hydrogens is 128 g/mol. The van der Waals surface area contributed by atoms with E-state index in [-0.39, 0.29) is 0 Å². The van der Waals surface area contributed by atoms with E-state index in [0.29, 0.717) is 11.6 Å². The van der Waals surface area contributed by atoms with Crippen LogP contribution in [0.2, 0.25) is 0 Å². The number of aromatic nitrogens is 2. The van der Waals surface area contributed by atoms with Gasteiger partial charge in [-0.05, 0) is 6.08 Å². The smallest absolute Gasteiger partial charge is 0.239 e. The largest absolute Gasteiger partial charge is 0.479 e. The fourth-order valence-electron chi connectivity index (χ4n) is 0.633. The average Bonchev–Trinajstić information content (AvgIpc) is 2.04. The van der Waals surface area contributed by atoms with Crippen LogP contribution in [0.3, 0.4) is 0 Å². The van der Waals surface area contributed by atoms with Crippen LogP contribution in [0.1, 0.15) is 5.69 Å². The number of hydrogen-bond donors (Lipinski definition) is 0. The average molecular weight is 136 g/mol. The maximum atomic E-state index is 4.89. The Bertz CT molecular complexity index is 235. The lowest BCUT2D eigenvalue weighted by Crippen LogP contribution is -1.91. The Balaban J connectivity index is 3.08. The lowest BCUT2D eigenvalue weighted by Gasteiger charge is -1.98. The van der Waals surface area contributed by atoms with Gasteiger partial charge >= 0.3 is 0 Å². The molecule has 0 atom stereocenters. The highest BCUT2D eigenvalue weighted by atomic mass is 16.5. The van der Waals surface area contributed by atoms with Crippen molar-refractivity contribution in [2.75, 3.05) is 7.11 Å². The van der Waals surface area contributed by atoms with E-state index in [4.69, 9.17) is 4.74 Å². The third-order valence-electron chi connectivity index (χ3n) is 1.08. The Labute approximate surface area is 59.4 Å². The third-order valence-corrected chi connectivity index (χ3v) is 1.08. The van der Waals surface area contributed by atoms with Crippen LogP contribution in [0, 0.1) is 0 Å². The molecule has 0 aliphatic rings. The van der Waals surface area contributed by atoms with Crippen LogP contribution in [-0.4, -0.2) is 17.1 Å². The Kier molecular flexibility index (Phi) is 1.99. The molecule has 1 aromatic heterocycles. The van der Waals surface area contributed by atoms with Gasteiger partial charge in [0, 0.05) is 12.4 Å². The van der Waals surface area contributed by atoms with E-state index < -0.39 is 0 Å². The molecule has 0 amide bonds. The molecule has 0 unspecified atom stereocenters. The van der Waals surface area contributed by atoms with Gasteiger partial charge in [0.25, 0.3) is 0 Å². The summed E-state index contributed by atoms with van der Waals surface area (Å²) in [6, 6.07) is 0. The van der Waals surface area contributed by atoms with E-state index in [1.165, 1.54) is 0 Å². The van der Waals surface area contributed by atoms with Crippen molar-refractivity contribution in [2.24, 2.45) is 0 Å². The van der Waals surface area contributed by atoms with E-state index in [2.05, 4.69) is 16.5 Å². The Morgan fingerprint density at radius 1 is 1.50 bits per heavy atom.